The lowest BCUT2D eigenvalue weighted by Crippen LogP contribution is -2.46. The van der Waals surface area contributed by atoms with Crippen LogP contribution in [-0.2, 0) is 11.8 Å². The van der Waals surface area contributed by atoms with E-state index in [4.69, 9.17) is 4.74 Å². The number of hydrogen-bond acceptors (Lipinski definition) is 6. The van der Waals surface area contributed by atoms with Crippen molar-refractivity contribution in [3.8, 4) is 0 Å². The highest BCUT2D eigenvalue weighted by Crippen LogP contribution is 2.28. The Morgan fingerprint density at radius 3 is 2.84 bits per heavy atom. The van der Waals surface area contributed by atoms with Crippen molar-refractivity contribution in [2.24, 2.45) is 7.05 Å². The Balaban J connectivity index is 2.17. The third kappa shape index (κ3) is 2.85. The van der Waals surface area contributed by atoms with E-state index < -0.39 is 10.5 Å². The molecule has 1 fully saturated rings. The first-order valence-corrected chi connectivity index (χ1v) is 6.10. The van der Waals surface area contributed by atoms with E-state index in [1.807, 2.05) is 0 Å². The van der Waals surface area contributed by atoms with E-state index in [1.54, 1.807) is 23.6 Å². The van der Waals surface area contributed by atoms with Crippen molar-refractivity contribution in [2.75, 3.05) is 31.7 Å². The van der Waals surface area contributed by atoms with Gasteiger partial charge in [-0.1, -0.05) is 0 Å². The van der Waals surface area contributed by atoms with Gasteiger partial charge in [-0.2, -0.15) is 0 Å². The van der Waals surface area contributed by atoms with E-state index in [2.05, 4.69) is 4.98 Å². The zero-order valence-electron chi connectivity index (χ0n) is 11.1. The number of anilines is 1. The molecule has 2 heterocycles. The van der Waals surface area contributed by atoms with Crippen molar-refractivity contribution in [1.29, 1.82) is 0 Å². The second kappa shape index (κ2) is 5.14. The van der Waals surface area contributed by atoms with E-state index in [1.165, 1.54) is 6.33 Å². The SMILES string of the molecule is CN(CC1(O)CCOCC1)c1c([N+](=O)[O-])ncn1C. The molecule has 0 radical (unpaired) electrons. The zero-order valence-corrected chi connectivity index (χ0v) is 11.1. The van der Waals surface area contributed by atoms with Crippen molar-refractivity contribution < 1.29 is 14.8 Å². The molecule has 0 aliphatic carbocycles. The van der Waals surface area contributed by atoms with Crippen LogP contribution in [0.3, 0.4) is 0 Å². The number of aliphatic hydroxyl groups is 1. The Morgan fingerprint density at radius 1 is 1.63 bits per heavy atom. The van der Waals surface area contributed by atoms with Crippen LogP contribution in [0.1, 0.15) is 12.8 Å². The average Bonchev–Trinajstić information content (AvgIpc) is 2.71. The summed E-state index contributed by atoms with van der Waals surface area (Å²) in [5.41, 5.74) is -0.870. The van der Waals surface area contributed by atoms with Crippen LogP contribution in [0.2, 0.25) is 0 Å². The van der Waals surface area contributed by atoms with E-state index in [0.29, 0.717) is 38.4 Å². The van der Waals surface area contributed by atoms with E-state index in [0.717, 1.165) is 0 Å². The van der Waals surface area contributed by atoms with Crippen LogP contribution >= 0.6 is 0 Å². The Morgan fingerprint density at radius 2 is 2.26 bits per heavy atom. The fourth-order valence-electron chi connectivity index (χ4n) is 2.41. The highest BCUT2D eigenvalue weighted by molar-refractivity contribution is 5.54. The maximum atomic E-state index is 10.9. The van der Waals surface area contributed by atoms with Crippen LogP contribution in [0.4, 0.5) is 11.6 Å². The van der Waals surface area contributed by atoms with Gasteiger partial charge in [0.05, 0.1) is 5.60 Å². The number of nitrogens with zero attached hydrogens (tertiary/aromatic N) is 4. The fourth-order valence-corrected chi connectivity index (χ4v) is 2.41. The molecule has 0 aromatic carbocycles. The predicted octanol–water partition coefficient (Wildman–Crippen LogP) is 0.306. The Hall–Kier alpha value is -1.67. The fraction of sp³-hybridized carbons (Fsp3) is 0.727. The number of hydrogen-bond donors (Lipinski definition) is 1. The summed E-state index contributed by atoms with van der Waals surface area (Å²) in [5, 5.41) is 21.4. The first-order valence-electron chi connectivity index (χ1n) is 6.10. The van der Waals surface area contributed by atoms with Gasteiger partial charge in [-0.05, 0) is 9.91 Å². The lowest BCUT2D eigenvalue weighted by molar-refractivity contribution is -0.388. The molecule has 0 amide bonds. The molecular weight excluding hydrogens is 252 g/mol. The van der Waals surface area contributed by atoms with Crippen LogP contribution in [0.5, 0.6) is 0 Å². The van der Waals surface area contributed by atoms with Gasteiger partial charge in [0.15, 0.2) is 0 Å². The molecule has 19 heavy (non-hydrogen) atoms. The van der Waals surface area contributed by atoms with Gasteiger partial charge in [-0.3, -0.25) is 4.57 Å². The summed E-state index contributed by atoms with van der Waals surface area (Å²) < 4.78 is 6.80. The topological polar surface area (TPSA) is 93.7 Å². The maximum absolute atomic E-state index is 10.9. The number of likely N-dealkylation sites (N-methyl/N-ethyl adjacent to an activating group) is 1. The molecule has 0 atom stereocenters. The molecule has 1 aromatic rings. The zero-order chi connectivity index (χ0) is 14.0. The van der Waals surface area contributed by atoms with Gasteiger partial charge in [0.2, 0.25) is 12.1 Å². The standard InChI is InChI=1S/C11H18N4O4/c1-13(7-11(16)3-5-19-6-4-11)10-9(15(17)18)12-8-14(10)2/h8,16H,3-7H2,1-2H3. The summed E-state index contributed by atoms with van der Waals surface area (Å²) in [5.74, 6) is 0.200. The molecule has 1 aliphatic heterocycles. The molecule has 2 rings (SSSR count). The van der Waals surface area contributed by atoms with Crippen molar-refractivity contribution in [3.05, 3.63) is 16.4 Å². The van der Waals surface area contributed by atoms with Crippen molar-refractivity contribution in [3.63, 3.8) is 0 Å². The minimum atomic E-state index is -0.870. The van der Waals surface area contributed by atoms with E-state index in [-0.39, 0.29) is 5.82 Å². The van der Waals surface area contributed by atoms with Crippen molar-refractivity contribution in [1.82, 2.24) is 9.55 Å². The molecule has 1 aliphatic rings. The van der Waals surface area contributed by atoms with Crippen molar-refractivity contribution >= 4 is 11.6 Å². The van der Waals surface area contributed by atoms with Crippen LogP contribution < -0.4 is 4.90 Å². The molecule has 8 nitrogen and oxygen atoms in total. The Bertz CT molecular complexity index is 467. The highest BCUT2D eigenvalue weighted by atomic mass is 16.6. The normalized spacial score (nSPS) is 18.3. The number of aryl methyl sites for hydroxylation is 1. The van der Waals surface area contributed by atoms with Gasteiger partial charge >= 0.3 is 5.82 Å². The summed E-state index contributed by atoms with van der Waals surface area (Å²) in [6.45, 7) is 1.34. The average molecular weight is 270 g/mol. The van der Waals surface area contributed by atoms with Gasteiger partial charge in [-0.25, -0.2) is 0 Å². The van der Waals surface area contributed by atoms with Gasteiger partial charge < -0.3 is 24.9 Å². The minimum Gasteiger partial charge on any atom is -0.388 e. The quantitative estimate of drug-likeness (QED) is 0.625. The Kier molecular flexibility index (Phi) is 3.72. The maximum Gasteiger partial charge on any atom is 0.406 e. The number of nitro groups is 1. The molecule has 0 saturated carbocycles. The summed E-state index contributed by atoms with van der Waals surface area (Å²) in [4.78, 5) is 15.9. The monoisotopic (exact) mass is 270 g/mol. The summed E-state index contributed by atoms with van der Waals surface area (Å²) >= 11 is 0. The van der Waals surface area contributed by atoms with Crippen LogP contribution in [-0.4, -0.2) is 52.0 Å². The Labute approximate surface area is 110 Å². The summed E-state index contributed by atoms with van der Waals surface area (Å²) in [6, 6.07) is 0. The lowest BCUT2D eigenvalue weighted by Gasteiger charge is -2.35. The molecule has 0 bridgehead atoms. The lowest BCUT2D eigenvalue weighted by atomic mass is 9.94. The van der Waals surface area contributed by atoms with Gasteiger partial charge in [0.1, 0.15) is 0 Å². The first kappa shape index (κ1) is 13.8. The summed E-state index contributed by atoms with van der Waals surface area (Å²) in [7, 11) is 3.41. The van der Waals surface area contributed by atoms with Gasteiger partial charge in [-0.15, -0.1) is 0 Å². The second-order valence-electron chi connectivity index (χ2n) is 4.95. The number of rotatable bonds is 4. The number of aromatic nitrogens is 2. The number of imidazole rings is 1. The molecule has 0 unspecified atom stereocenters. The molecule has 1 N–H and O–H groups in total. The predicted molar refractivity (Wildman–Crippen MR) is 68.1 cm³/mol. The van der Waals surface area contributed by atoms with Crippen molar-refractivity contribution in [2.45, 2.75) is 18.4 Å². The van der Waals surface area contributed by atoms with Gasteiger partial charge in [0, 0.05) is 46.7 Å². The number of ether oxygens (including phenoxy) is 1. The molecule has 106 valence electrons. The second-order valence-corrected chi connectivity index (χ2v) is 4.95. The van der Waals surface area contributed by atoms with Gasteiger partial charge in [0.25, 0.3) is 0 Å². The van der Waals surface area contributed by atoms with E-state index >= 15 is 0 Å². The first-order chi connectivity index (χ1) is 8.93. The third-order valence-corrected chi connectivity index (χ3v) is 3.38. The molecule has 1 saturated heterocycles. The van der Waals surface area contributed by atoms with Crippen LogP contribution in [0.15, 0.2) is 6.33 Å². The van der Waals surface area contributed by atoms with Crippen LogP contribution in [0.25, 0.3) is 0 Å². The molecule has 8 heteroatoms. The smallest absolute Gasteiger partial charge is 0.388 e. The minimum absolute atomic E-state index is 0.194. The summed E-state index contributed by atoms with van der Waals surface area (Å²) in [6.07, 6.45) is 2.46. The molecular formula is C11H18N4O4. The molecule has 0 spiro atoms. The third-order valence-electron chi connectivity index (χ3n) is 3.38. The largest absolute Gasteiger partial charge is 0.406 e. The molecule has 1 aromatic heterocycles. The van der Waals surface area contributed by atoms with Crippen LogP contribution in [0, 0.1) is 10.1 Å². The highest BCUT2D eigenvalue weighted by Gasteiger charge is 2.34. The van der Waals surface area contributed by atoms with E-state index in [9.17, 15) is 15.2 Å².